The Morgan fingerprint density at radius 2 is 2.17 bits per heavy atom. The number of morpholine rings is 1. The average Bonchev–Trinajstić information content (AvgIpc) is 2.38. The van der Waals surface area contributed by atoms with E-state index in [0.29, 0.717) is 13.2 Å². The van der Waals surface area contributed by atoms with E-state index in [1.54, 1.807) is 0 Å². The Balaban J connectivity index is 1.98. The third-order valence-corrected chi connectivity index (χ3v) is 3.35. The third-order valence-electron chi connectivity index (χ3n) is 3.35. The number of hydrogen-bond acceptors (Lipinski definition) is 3. The summed E-state index contributed by atoms with van der Waals surface area (Å²) < 4.78 is 5.82. The first-order chi connectivity index (χ1) is 8.66. The fourth-order valence-electron chi connectivity index (χ4n) is 2.23. The van der Waals surface area contributed by atoms with Gasteiger partial charge >= 0.3 is 5.97 Å². The van der Waals surface area contributed by atoms with E-state index in [2.05, 4.69) is 24.0 Å². The summed E-state index contributed by atoms with van der Waals surface area (Å²) in [5, 5.41) is 8.76. The van der Waals surface area contributed by atoms with Crippen molar-refractivity contribution in [2.75, 3.05) is 19.7 Å². The molecule has 0 bridgehead atoms. The Kier molecular flexibility index (Phi) is 4.33. The summed E-state index contributed by atoms with van der Waals surface area (Å²) in [7, 11) is 0. The van der Waals surface area contributed by atoms with E-state index < -0.39 is 5.97 Å². The van der Waals surface area contributed by atoms with Crippen molar-refractivity contribution in [2.45, 2.75) is 25.5 Å². The highest BCUT2D eigenvalue weighted by atomic mass is 16.5. The second-order valence-corrected chi connectivity index (χ2v) is 4.72. The van der Waals surface area contributed by atoms with Gasteiger partial charge in [0, 0.05) is 19.1 Å². The highest BCUT2D eigenvalue weighted by molar-refractivity contribution is 5.66. The summed E-state index contributed by atoms with van der Waals surface area (Å²) >= 11 is 0. The highest BCUT2D eigenvalue weighted by Crippen LogP contribution is 2.24. The number of rotatable bonds is 4. The van der Waals surface area contributed by atoms with Gasteiger partial charge in [0.05, 0.1) is 19.1 Å². The molecule has 0 unspecified atom stereocenters. The Morgan fingerprint density at radius 1 is 1.44 bits per heavy atom. The van der Waals surface area contributed by atoms with Crippen LogP contribution in [0.25, 0.3) is 0 Å². The number of carboxylic acids is 1. The zero-order chi connectivity index (χ0) is 13.0. The van der Waals surface area contributed by atoms with Gasteiger partial charge in [0.25, 0.3) is 0 Å². The first-order valence-electron chi connectivity index (χ1n) is 6.29. The fourth-order valence-corrected chi connectivity index (χ4v) is 2.23. The van der Waals surface area contributed by atoms with Crippen LogP contribution in [-0.4, -0.2) is 41.7 Å². The van der Waals surface area contributed by atoms with Crippen LogP contribution < -0.4 is 0 Å². The number of ether oxygens (including phenoxy) is 1. The highest BCUT2D eigenvalue weighted by Gasteiger charge is 2.26. The van der Waals surface area contributed by atoms with E-state index in [9.17, 15) is 4.79 Å². The molecule has 4 heteroatoms. The van der Waals surface area contributed by atoms with Crippen LogP contribution in [0.15, 0.2) is 30.3 Å². The van der Waals surface area contributed by atoms with E-state index in [4.69, 9.17) is 9.84 Å². The van der Waals surface area contributed by atoms with Gasteiger partial charge < -0.3 is 9.84 Å². The predicted molar refractivity (Wildman–Crippen MR) is 68.4 cm³/mol. The van der Waals surface area contributed by atoms with E-state index in [1.807, 2.05) is 18.2 Å². The summed E-state index contributed by atoms with van der Waals surface area (Å²) in [5.41, 5.74) is 1.16. The van der Waals surface area contributed by atoms with Gasteiger partial charge in [-0.2, -0.15) is 0 Å². The molecule has 1 aromatic rings. The molecule has 0 aromatic heterocycles. The molecular weight excluding hydrogens is 230 g/mol. The maximum atomic E-state index is 10.6. The lowest BCUT2D eigenvalue weighted by atomic mass is 10.1. The molecule has 0 aliphatic carbocycles. The number of hydrogen-bond donors (Lipinski definition) is 1. The Labute approximate surface area is 107 Å². The molecule has 4 nitrogen and oxygen atoms in total. The molecule has 1 heterocycles. The summed E-state index contributed by atoms with van der Waals surface area (Å²) in [6, 6.07) is 10.4. The lowest BCUT2D eigenvalue weighted by Crippen LogP contribution is -2.45. The Hall–Kier alpha value is -1.39. The van der Waals surface area contributed by atoms with Crippen LogP contribution in [0, 0.1) is 0 Å². The lowest BCUT2D eigenvalue weighted by molar-refractivity contribution is -0.138. The Bertz CT molecular complexity index is 393. The van der Waals surface area contributed by atoms with Gasteiger partial charge in [-0.1, -0.05) is 30.3 Å². The number of benzene rings is 1. The smallest absolute Gasteiger partial charge is 0.304 e. The minimum Gasteiger partial charge on any atom is -0.481 e. The molecule has 0 amide bonds. The van der Waals surface area contributed by atoms with Gasteiger partial charge in [0.1, 0.15) is 0 Å². The second kappa shape index (κ2) is 5.98. The van der Waals surface area contributed by atoms with Gasteiger partial charge in [-0.05, 0) is 12.5 Å². The van der Waals surface area contributed by atoms with Crippen LogP contribution >= 0.6 is 0 Å². The van der Waals surface area contributed by atoms with Crippen molar-refractivity contribution in [3.8, 4) is 0 Å². The molecule has 2 rings (SSSR count). The van der Waals surface area contributed by atoms with E-state index in [1.165, 1.54) is 0 Å². The van der Waals surface area contributed by atoms with E-state index in [0.717, 1.165) is 12.1 Å². The quantitative estimate of drug-likeness (QED) is 0.885. The standard InChI is InChI=1S/C14H19NO3/c1-11-10-18-13(12-5-3-2-4-6-12)9-15(11)8-7-14(16)17/h2-6,11,13H,7-10H2,1H3,(H,16,17)/t11-,13-/m1/s1. The second-order valence-electron chi connectivity index (χ2n) is 4.72. The monoisotopic (exact) mass is 249 g/mol. The van der Waals surface area contributed by atoms with Crippen LogP contribution in [-0.2, 0) is 9.53 Å². The number of carbonyl (C=O) groups is 1. The molecule has 1 aliphatic heterocycles. The zero-order valence-corrected chi connectivity index (χ0v) is 10.6. The molecule has 1 fully saturated rings. The molecule has 18 heavy (non-hydrogen) atoms. The Morgan fingerprint density at radius 3 is 2.83 bits per heavy atom. The van der Waals surface area contributed by atoms with Crippen molar-refractivity contribution in [1.29, 1.82) is 0 Å². The van der Waals surface area contributed by atoms with Crippen LogP contribution in [0.3, 0.4) is 0 Å². The van der Waals surface area contributed by atoms with Gasteiger partial charge in [-0.3, -0.25) is 9.69 Å². The molecule has 1 aromatic carbocycles. The predicted octanol–water partition coefficient (Wildman–Crippen LogP) is 1.92. The number of nitrogens with zero attached hydrogens (tertiary/aromatic N) is 1. The third kappa shape index (κ3) is 3.31. The van der Waals surface area contributed by atoms with Gasteiger partial charge in [-0.25, -0.2) is 0 Å². The van der Waals surface area contributed by atoms with Crippen molar-refractivity contribution in [3.63, 3.8) is 0 Å². The summed E-state index contributed by atoms with van der Waals surface area (Å²) in [5.74, 6) is -0.745. The summed E-state index contributed by atoms with van der Waals surface area (Å²) in [6.07, 6.45) is 0.238. The van der Waals surface area contributed by atoms with Crippen molar-refractivity contribution in [2.24, 2.45) is 0 Å². The molecule has 1 saturated heterocycles. The first kappa shape index (κ1) is 13.1. The van der Waals surface area contributed by atoms with Crippen molar-refractivity contribution >= 4 is 5.97 Å². The van der Waals surface area contributed by atoms with Crippen LogP contribution in [0.4, 0.5) is 0 Å². The maximum Gasteiger partial charge on any atom is 0.304 e. The van der Waals surface area contributed by atoms with Gasteiger partial charge in [0.2, 0.25) is 0 Å². The lowest BCUT2D eigenvalue weighted by Gasteiger charge is -2.38. The maximum absolute atomic E-state index is 10.6. The minimum atomic E-state index is -0.745. The fraction of sp³-hybridized carbons (Fsp3) is 0.500. The van der Waals surface area contributed by atoms with Gasteiger partial charge in [0.15, 0.2) is 0 Å². The molecule has 0 spiro atoms. The average molecular weight is 249 g/mol. The van der Waals surface area contributed by atoms with Crippen LogP contribution in [0.5, 0.6) is 0 Å². The molecule has 0 saturated carbocycles. The van der Waals surface area contributed by atoms with Crippen LogP contribution in [0.2, 0.25) is 0 Å². The van der Waals surface area contributed by atoms with Crippen molar-refractivity contribution < 1.29 is 14.6 Å². The molecule has 2 atom stereocenters. The molecule has 98 valence electrons. The summed E-state index contributed by atoms with van der Waals surface area (Å²) in [4.78, 5) is 12.8. The molecule has 0 radical (unpaired) electrons. The zero-order valence-electron chi connectivity index (χ0n) is 10.6. The largest absolute Gasteiger partial charge is 0.481 e. The normalized spacial score (nSPS) is 24.9. The van der Waals surface area contributed by atoms with Crippen LogP contribution in [0.1, 0.15) is 25.0 Å². The van der Waals surface area contributed by atoms with E-state index >= 15 is 0 Å². The summed E-state index contributed by atoms with van der Waals surface area (Å²) in [6.45, 7) is 4.07. The number of aliphatic carboxylic acids is 1. The topological polar surface area (TPSA) is 49.8 Å². The molecule has 1 aliphatic rings. The molecular formula is C14H19NO3. The first-order valence-corrected chi connectivity index (χ1v) is 6.29. The minimum absolute atomic E-state index is 0.0520. The number of carboxylic acid groups (broad SMARTS) is 1. The van der Waals surface area contributed by atoms with Crippen molar-refractivity contribution in [3.05, 3.63) is 35.9 Å². The van der Waals surface area contributed by atoms with E-state index in [-0.39, 0.29) is 18.6 Å². The van der Waals surface area contributed by atoms with Crippen molar-refractivity contribution in [1.82, 2.24) is 4.90 Å². The van der Waals surface area contributed by atoms with Gasteiger partial charge in [-0.15, -0.1) is 0 Å². The SMILES string of the molecule is C[C@@H]1CO[C@@H](c2ccccc2)CN1CCC(=O)O. The molecule has 1 N–H and O–H groups in total.